The molecule has 1 nitrogen and oxygen atoms in total. The molecule has 1 atom stereocenters. The molecule has 80 valence electrons. The second kappa shape index (κ2) is 4.45. The molecule has 0 rings (SSSR count). The molecule has 0 fully saturated rings. The second-order valence-electron chi connectivity index (χ2n) is 6.43. The Balaban J connectivity index is 3.67. The molecule has 0 aromatic carbocycles. The normalized spacial score (nSPS) is 15.9. The van der Waals surface area contributed by atoms with E-state index in [2.05, 4.69) is 41.5 Å². The minimum Gasteiger partial charge on any atom is -0.327 e. The van der Waals surface area contributed by atoms with Crippen LogP contribution in [0.2, 0.25) is 0 Å². The first kappa shape index (κ1) is 13.0. The zero-order valence-electron chi connectivity index (χ0n) is 10.3. The standard InChI is InChI=1S/C12H27N/c1-11(2,3)9-7-8-10(13)12(4,5)6/h10H,7-9,13H2,1-6H3. The number of nitrogens with two attached hydrogens (primary N) is 1. The third-order valence-electron chi connectivity index (χ3n) is 2.55. The van der Waals surface area contributed by atoms with Crippen LogP contribution in [0.5, 0.6) is 0 Å². The molecule has 0 aliphatic carbocycles. The van der Waals surface area contributed by atoms with E-state index in [9.17, 15) is 0 Å². The van der Waals surface area contributed by atoms with Crippen molar-refractivity contribution in [1.29, 1.82) is 0 Å². The second-order valence-corrected chi connectivity index (χ2v) is 6.43. The first-order valence-corrected chi connectivity index (χ1v) is 5.38. The smallest absolute Gasteiger partial charge is 0.00876 e. The third-order valence-corrected chi connectivity index (χ3v) is 2.55. The monoisotopic (exact) mass is 185 g/mol. The van der Waals surface area contributed by atoms with E-state index in [0.29, 0.717) is 11.5 Å². The average molecular weight is 185 g/mol. The van der Waals surface area contributed by atoms with E-state index < -0.39 is 0 Å². The van der Waals surface area contributed by atoms with E-state index in [0.717, 1.165) is 6.42 Å². The van der Waals surface area contributed by atoms with Crippen LogP contribution in [0, 0.1) is 10.8 Å². The van der Waals surface area contributed by atoms with Crippen molar-refractivity contribution >= 4 is 0 Å². The van der Waals surface area contributed by atoms with Gasteiger partial charge in [0.1, 0.15) is 0 Å². The summed E-state index contributed by atoms with van der Waals surface area (Å²) in [4.78, 5) is 0. The molecule has 1 heteroatoms. The quantitative estimate of drug-likeness (QED) is 0.714. The van der Waals surface area contributed by atoms with Crippen LogP contribution < -0.4 is 5.73 Å². The number of hydrogen-bond acceptors (Lipinski definition) is 1. The summed E-state index contributed by atoms with van der Waals surface area (Å²) in [6.07, 6.45) is 3.68. The summed E-state index contributed by atoms with van der Waals surface area (Å²) in [5.41, 5.74) is 6.80. The molecular weight excluding hydrogens is 158 g/mol. The Morgan fingerprint density at radius 2 is 1.46 bits per heavy atom. The molecule has 13 heavy (non-hydrogen) atoms. The van der Waals surface area contributed by atoms with Crippen molar-refractivity contribution in [2.75, 3.05) is 0 Å². The van der Waals surface area contributed by atoms with Gasteiger partial charge in [-0.25, -0.2) is 0 Å². The topological polar surface area (TPSA) is 26.0 Å². The molecule has 0 radical (unpaired) electrons. The molecule has 0 spiro atoms. The highest BCUT2D eigenvalue weighted by Gasteiger charge is 2.20. The molecule has 0 aromatic rings. The van der Waals surface area contributed by atoms with Crippen molar-refractivity contribution in [1.82, 2.24) is 0 Å². The minimum absolute atomic E-state index is 0.262. The largest absolute Gasteiger partial charge is 0.327 e. The van der Waals surface area contributed by atoms with E-state index in [1.165, 1.54) is 12.8 Å². The SMILES string of the molecule is CC(C)(C)CCCC(N)C(C)(C)C. The van der Waals surface area contributed by atoms with Crippen molar-refractivity contribution in [2.24, 2.45) is 16.6 Å². The van der Waals surface area contributed by atoms with Crippen molar-refractivity contribution in [3.05, 3.63) is 0 Å². The van der Waals surface area contributed by atoms with Gasteiger partial charge < -0.3 is 5.73 Å². The minimum atomic E-state index is 0.262. The Morgan fingerprint density at radius 3 is 1.77 bits per heavy atom. The third kappa shape index (κ3) is 7.06. The highest BCUT2D eigenvalue weighted by atomic mass is 14.7. The summed E-state index contributed by atoms with van der Waals surface area (Å²) < 4.78 is 0. The Bertz CT molecular complexity index is 136. The van der Waals surface area contributed by atoms with Gasteiger partial charge in [0.25, 0.3) is 0 Å². The fourth-order valence-corrected chi connectivity index (χ4v) is 1.29. The number of rotatable bonds is 3. The van der Waals surface area contributed by atoms with Crippen molar-refractivity contribution in [2.45, 2.75) is 66.8 Å². The molecule has 0 heterocycles. The first-order chi connectivity index (χ1) is 5.63. The molecule has 0 aliphatic rings. The van der Waals surface area contributed by atoms with Crippen LogP contribution in [-0.2, 0) is 0 Å². The fourth-order valence-electron chi connectivity index (χ4n) is 1.29. The van der Waals surface area contributed by atoms with Gasteiger partial charge in [0.05, 0.1) is 0 Å². The van der Waals surface area contributed by atoms with Crippen LogP contribution >= 0.6 is 0 Å². The van der Waals surface area contributed by atoms with Gasteiger partial charge in [0.15, 0.2) is 0 Å². The maximum atomic E-state index is 6.08. The predicted octanol–water partition coefficient (Wildman–Crippen LogP) is 3.58. The highest BCUT2D eigenvalue weighted by Crippen LogP contribution is 2.26. The van der Waals surface area contributed by atoms with Crippen LogP contribution in [0.1, 0.15) is 60.8 Å². The zero-order chi connectivity index (χ0) is 10.7. The van der Waals surface area contributed by atoms with Crippen LogP contribution in [0.25, 0.3) is 0 Å². The molecule has 0 aromatic heterocycles. The molecule has 0 bridgehead atoms. The van der Waals surface area contributed by atoms with E-state index in [4.69, 9.17) is 5.73 Å². The summed E-state index contributed by atoms with van der Waals surface area (Å²) in [6, 6.07) is 0.342. The highest BCUT2D eigenvalue weighted by molar-refractivity contribution is 4.77. The fraction of sp³-hybridized carbons (Fsp3) is 1.00. The lowest BCUT2D eigenvalue weighted by Gasteiger charge is -2.28. The summed E-state index contributed by atoms with van der Waals surface area (Å²) in [7, 11) is 0. The van der Waals surface area contributed by atoms with Gasteiger partial charge in [-0.15, -0.1) is 0 Å². The molecular formula is C12H27N. The summed E-state index contributed by atoms with van der Waals surface area (Å²) >= 11 is 0. The van der Waals surface area contributed by atoms with Gasteiger partial charge in [-0.3, -0.25) is 0 Å². The van der Waals surface area contributed by atoms with Crippen molar-refractivity contribution in [3.8, 4) is 0 Å². The lowest BCUT2D eigenvalue weighted by molar-refractivity contribution is 0.278. The molecule has 0 aliphatic heterocycles. The van der Waals surface area contributed by atoms with Gasteiger partial charge in [-0.2, -0.15) is 0 Å². The Kier molecular flexibility index (Phi) is 4.44. The summed E-state index contributed by atoms with van der Waals surface area (Å²) in [5.74, 6) is 0. The van der Waals surface area contributed by atoms with E-state index >= 15 is 0 Å². The van der Waals surface area contributed by atoms with E-state index in [1.54, 1.807) is 0 Å². The van der Waals surface area contributed by atoms with Crippen molar-refractivity contribution in [3.63, 3.8) is 0 Å². The molecule has 0 saturated heterocycles. The zero-order valence-corrected chi connectivity index (χ0v) is 10.3. The Morgan fingerprint density at radius 1 is 1.00 bits per heavy atom. The van der Waals surface area contributed by atoms with Gasteiger partial charge in [-0.1, -0.05) is 48.0 Å². The molecule has 2 N–H and O–H groups in total. The lowest BCUT2D eigenvalue weighted by atomic mass is 9.82. The summed E-state index contributed by atoms with van der Waals surface area (Å²) in [6.45, 7) is 13.5. The van der Waals surface area contributed by atoms with Crippen LogP contribution in [0.15, 0.2) is 0 Å². The van der Waals surface area contributed by atoms with Crippen LogP contribution in [0.3, 0.4) is 0 Å². The molecule has 0 amide bonds. The first-order valence-electron chi connectivity index (χ1n) is 5.38. The molecule has 0 saturated carbocycles. The maximum absolute atomic E-state index is 6.08. The van der Waals surface area contributed by atoms with Gasteiger partial charge in [0.2, 0.25) is 0 Å². The predicted molar refractivity (Wildman–Crippen MR) is 60.7 cm³/mol. The molecule has 1 unspecified atom stereocenters. The van der Waals surface area contributed by atoms with Gasteiger partial charge in [0, 0.05) is 6.04 Å². The van der Waals surface area contributed by atoms with Gasteiger partial charge in [-0.05, 0) is 23.7 Å². The summed E-state index contributed by atoms with van der Waals surface area (Å²) in [5, 5.41) is 0. The average Bonchev–Trinajstić information content (AvgIpc) is 1.82. The van der Waals surface area contributed by atoms with Crippen molar-refractivity contribution < 1.29 is 0 Å². The van der Waals surface area contributed by atoms with Crippen LogP contribution in [0.4, 0.5) is 0 Å². The maximum Gasteiger partial charge on any atom is 0.00876 e. The Hall–Kier alpha value is -0.0400. The number of hydrogen-bond donors (Lipinski definition) is 1. The van der Waals surface area contributed by atoms with Crippen LogP contribution in [-0.4, -0.2) is 6.04 Å². The Labute approximate surface area is 84.1 Å². The van der Waals surface area contributed by atoms with E-state index in [1.807, 2.05) is 0 Å². The lowest BCUT2D eigenvalue weighted by Crippen LogP contribution is -2.34. The van der Waals surface area contributed by atoms with Gasteiger partial charge >= 0.3 is 0 Å². The van der Waals surface area contributed by atoms with E-state index in [-0.39, 0.29) is 5.41 Å².